The monoisotopic (exact) mass is 281 g/mol. The second-order valence-electron chi connectivity index (χ2n) is 3.91. The van der Waals surface area contributed by atoms with Crippen molar-refractivity contribution in [2.75, 3.05) is 11.9 Å². The van der Waals surface area contributed by atoms with Gasteiger partial charge in [0, 0.05) is 19.9 Å². The lowest BCUT2D eigenvalue weighted by Gasteiger charge is -2.07. The third kappa shape index (κ3) is 3.45. The molecular formula is C12H12ClN3O3. The van der Waals surface area contributed by atoms with E-state index in [1.807, 2.05) is 0 Å². The van der Waals surface area contributed by atoms with Gasteiger partial charge < -0.3 is 14.9 Å². The van der Waals surface area contributed by atoms with Crippen LogP contribution in [0.4, 0.5) is 5.69 Å². The van der Waals surface area contributed by atoms with Crippen molar-refractivity contribution >= 4 is 23.3 Å². The standard InChI is InChI=1S/C12H12ClN3O3/c1-7-15-11(16-19-7)4-5-14-10-3-2-8(12(17)18)6-9(10)13/h2-3,6,14H,4-5H2,1H3,(H,17,18). The van der Waals surface area contributed by atoms with E-state index in [1.54, 1.807) is 13.0 Å². The number of aromatic carboxylic acids is 1. The van der Waals surface area contributed by atoms with Gasteiger partial charge in [0.05, 0.1) is 16.3 Å². The molecule has 0 saturated carbocycles. The summed E-state index contributed by atoms with van der Waals surface area (Å²) in [6.45, 7) is 2.30. The van der Waals surface area contributed by atoms with E-state index in [4.69, 9.17) is 21.2 Å². The van der Waals surface area contributed by atoms with Gasteiger partial charge in [-0.05, 0) is 18.2 Å². The van der Waals surface area contributed by atoms with Crippen molar-refractivity contribution in [1.29, 1.82) is 0 Å². The van der Waals surface area contributed by atoms with Crippen LogP contribution in [0.25, 0.3) is 0 Å². The first-order valence-electron chi connectivity index (χ1n) is 5.62. The molecule has 100 valence electrons. The van der Waals surface area contributed by atoms with Gasteiger partial charge in [0.2, 0.25) is 5.89 Å². The Morgan fingerprint density at radius 1 is 1.53 bits per heavy atom. The van der Waals surface area contributed by atoms with E-state index in [-0.39, 0.29) is 5.56 Å². The molecule has 7 heteroatoms. The summed E-state index contributed by atoms with van der Waals surface area (Å²) >= 11 is 5.98. The average molecular weight is 282 g/mol. The molecule has 0 radical (unpaired) electrons. The molecule has 0 amide bonds. The minimum Gasteiger partial charge on any atom is -0.478 e. The van der Waals surface area contributed by atoms with Gasteiger partial charge >= 0.3 is 5.97 Å². The fourth-order valence-corrected chi connectivity index (χ4v) is 1.79. The predicted octanol–water partition coefficient (Wildman–Crippen LogP) is 2.38. The van der Waals surface area contributed by atoms with Crippen molar-refractivity contribution in [2.45, 2.75) is 13.3 Å². The van der Waals surface area contributed by atoms with Crippen LogP contribution < -0.4 is 5.32 Å². The number of benzene rings is 1. The van der Waals surface area contributed by atoms with Gasteiger partial charge in [-0.1, -0.05) is 16.8 Å². The Morgan fingerprint density at radius 2 is 2.32 bits per heavy atom. The molecule has 0 atom stereocenters. The molecular weight excluding hydrogens is 270 g/mol. The summed E-state index contributed by atoms with van der Waals surface area (Å²) in [4.78, 5) is 14.8. The van der Waals surface area contributed by atoms with Gasteiger partial charge in [0.15, 0.2) is 5.82 Å². The summed E-state index contributed by atoms with van der Waals surface area (Å²) in [6, 6.07) is 4.53. The highest BCUT2D eigenvalue weighted by atomic mass is 35.5. The highest BCUT2D eigenvalue weighted by Gasteiger charge is 2.07. The van der Waals surface area contributed by atoms with E-state index in [9.17, 15) is 4.79 Å². The van der Waals surface area contributed by atoms with Crippen LogP contribution in [-0.4, -0.2) is 27.8 Å². The van der Waals surface area contributed by atoms with Gasteiger partial charge in [0.1, 0.15) is 0 Å². The lowest BCUT2D eigenvalue weighted by molar-refractivity contribution is 0.0697. The molecule has 19 heavy (non-hydrogen) atoms. The highest BCUT2D eigenvalue weighted by Crippen LogP contribution is 2.22. The molecule has 0 bridgehead atoms. The molecule has 0 aliphatic rings. The molecule has 0 unspecified atom stereocenters. The number of hydrogen-bond donors (Lipinski definition) is 2. The summed E-state index contributed by atoms with van der Waals surface area (Å²) in [5.41, 5.74) is 0.830. The maximum absolute atomic E-state index is 10.8. The molecule has 2 aromatic rings. The summed E-state index contributed by atoms with van der Waals surface area (Å²) in [5, 5.41) is 16.0. The number of anilines is 1. The average Bonchev–Trinajstić information content (AvgIpc) is 2.77. The van der Waals surface area contributed by atoms with E-state index in [2.05, 4.69) is 15.5 Å². The van der Waals surface area contributed by atoms with E-state index < -0.39 is 5.97 Å². The van der Waals surface area contributed by atoms with Crippen LogP contribution in [-0.2, 0) is 6.42 Å². The van der Waals surface area contributed by atoms with Crippen LogP contribution in [0.1, 0.15) is 22.1 Å². The lowest BCUT2D eigenvalue weighted by Crippen LogP contribution is -2.07. The van der Waals surface area contributed by atoms with Gasteiger partial charge in [-0.2, -0.15) is 4.98 Å². The fourth-order valence-electron chi connectivity index (χ4n) is 1.54. The molecule has 6 nitrogen and oxygen atoms in total. The van der Waals surface area contributed by atoms with Gasteiger partial charge in [-0.25, -0.2) is 4.79 Å². The third-order valence-electron chi connectivity index (χ3n) is 2.45. The van der Waals surface area contributed by atoms with Crippen molar-refractivity contribution in [3.8, 4) is 0 Å². The fraction of sp³-hybridized carbons (Fsp3) is 0.250. The third-order valence-corrected chi connectivity index (χ3v) is 2.76. The molecule has 1 heterocycles. The first kappa shape index (κ1) is 13.4. The predicted molar refractivity (Wildman–Crippen MR) is 69.6 cm³/mol. The Balaban J connectivity index is 1.94. The molecule has 0 aliphatic heterocycles. The maximum Gasteiger partial charge on any atom is 0.335 e. The van der Waals surface area contributed by atoms with Crippen LogP contribution in [0.5, 0.6) is 0 Å². The number of hydrogen-bond acceptors (Lipinski definition) is 5. The van der Waals surface area contributed by atoms with Crippen LogP contribution >= 0.6 is 11.6 Å². The Morgan fingerprint density at radius 3 is 2.89 bits per heavy atom. The highest BCUT2D eigenvalue weighted by molar-refractivity contribution is 6.33. The van der Waals surface area contributed by atoms with Crippen molar-refractivity contribution in [3.63, 3.8) is 0 Å². The Bertz CT molecular complexity index is 598. The summed E-state index contributed by atoms with van der Waals surface area (Å²) < 4.78 is 4.85. The van der Waals surface area contributed by atoms with E-state index in [1.165, 1.54) is 12.1 Å². The molecule has 0 aliphatic carbocycles. The van der Waals surface area contributed by atoms with Crippen molar-refractivity contribution in [3.05, 3.63) is 40.5 Å². The number of nitrogens with zero attached hydrogens (tertiary/aromatic N) is 2. The second-order valence-corrected chi connectivity index (χ2v) is 4.31. The number of nitrogens with one attached hydrogen (secondary N) is 1. The van der Waals surface area contributed by atoms with Gasteiger partial charge in [0.25, 0.3) is 0 Å². The number of carbonyl (C=O) groups is 1. The number of aromatic nitrogens is 2. The van der Waals surface area contributed by atoms with Crippen molar-refractivity contribution < 1.29 is 14.4 Å². The molecule has 1 aromatic heterocycles. The smallest absolute Gasteiger partial charge is 0.335 e. The van der Waals surface area contributed by atoms with Gasteiger partial charge in [-0.3, -0.25) is 0 Å². The van der Waals surface area contributed by atoms with Crippen molar-refractivity contribution in [2.24, 2.45) is 0 Å². The minimum absolute atomic E-state index is 0.157. The number of carboxylic acid groups (broad SMARTS) is 1. The number of rotatable bonds is 5. The zero-order chi connectivity index (χ0) is 13.8. The molecule has 2 rings (SSSR count). The van der Waals surface area contributed by atoms with Crippen LogP contribution in [0.2, 0.25) is 5.02 Å². The zero-order valence-electron chi connectivity index (χ0n) is 10.2. The van der Waals surface area contributed by atoms with Gasteiger partial charge in [-0.15, -0.1) is 0 Å². The number of aryl methyl sites for hydroxylation is 1. The second kappa shape index (κ2) is 5.71. The summed E-state index contributed by atoms with van der Waals surface area (Å²) in [5.74, 6) is 0.137. The topological polar surface area (TPSA) is 88.2 Å². The lowest BCUT2D eigenvalue weighted by atomic mass is 10.2. The SMILES string of the molecule is Cc1nc(CCNc2ccc(C(=O)O)cc2Cl)no1. The maximum atomic E-state index is 10.8. The summed E-state index contributed by atoms with van der Waals surface area (Å²) in [7, 11) is 0. The van der Waals surface area contributed by atoms with Crippen molar-refractivity contribution in [1.82, 2.24) is 10.1 Å². The molecule has 1 aromatic carbocycles. The largest absolute Gasteiger partial charge is 0.478 e. The minimum atomic E-state index is -1.00. The first-order valence-corrected chi connectivity index (χ1v) is 6.00. The molecule has 0 spiro atoms. The van der Waals surface area contributed by atoms with Crippen LogP contribution in [0.3, 0.4) is 0 Å². The molecule has 2 N–H and O–H groups in total. The van der Waals surface area contributed by atoms with E-state index in [0.29, 0.717) is 35.4 Å². The van der Waals surface area contributed by atoms with Crippen LogP contribution in [0.15, 0.2) is 22.7 Å². The Hall–Kier alpha value is -2.08. The number of halogens is 1. The van der Waals surface area contributed by atoms with Crippen LogP contribution in [0, 0.1) is 6.92 Å². The van der Waals surface area contributed by atoms with E-state index in [0.717, 1.165) is 0 Å². The van der Waals surface area contributed by atoms with E-state index >= 15 is 0 Å². The Labute approximate surface area is 114 Å². The normalized spacial score (nSPS) is 10.4. The first-order chi connectivity index (χ1) is 9.06. The zero-order valence-corrected chi connectivity index (χ0v) is 10.9. The molecule has 0 fully saturated rings. The quantitative estimate of drug-likeness (QED) is 0.875. The number of carboxylic acids is 1. The molecule has 0 saturated heterocycles. The Kier molecular flexibility index (Phi) is 4.01. The summed E-state index contributed by atoms with van der Waals surface area (Å²) in [6.07, 6.45) is 0.592.